The summed E-state index contributed by atoms with van der Waals surface area (Å²) in [5, 5.41) is 20.1. The van der Waals surface area contributed by atoms with Crippen molar-refractivity contribution in [1.29, 1.82) is 0 Å². The highest BCUT2D eigenvalue weighted by atomic mass is 15.2. The van der Waals surface area contributed by atoms with Crippen LogP contribution >= 0.6 is 0 Å². The van der Waals surface area contributed by atoms with Crippen LogP contribution in [0.5, 0.6) is 0 Å². The molecule has 0 fully saturated rings. The monoisotopic (exact) mass is 296 g/mol. The number of nitrogens with zero attached hydrogens (tertiary/aromatic N) is 5. The van der Waals surface area contributed by atoms with Crippen molar-refractivity contribution < 1.29 is 0 Å². The quantitative estimate of drug-likeness (QED) is 0.708. The molecule has 6 heteroatoms. The maximum Gasteiger partial charge on any atom is 0.160 e. The Labute approximate surface area is 129 Å². The van der Waals surface area contributed by atoms with Crippen molar-refractivity contribution in [3.63, 3.8) is 0 Å². The number of anilines is 1. The van der Waals surface area contributed by atoms with Gasteiger partial charge in [-0.25, -0.2) is 0 Å². The average Bonchev–Trinajstić information content (AvgIpc) is 2.95. The number of aromatic nitrogens is 5. The molecule has 0 spiro atoms. The molecule has 3 rings (SSSR count). The molecule has 0 aromatic carbocycles. The summed E-state index contributed by atoms with van der Waals surface area (Å²) in [5.41, 5.74) is 1.90. The summed E-state index contributed by atoms with van der Waals surface area (Å²) in [6, 6.07) is 9.92. The van der Waals surface area contributed by atoms with Crippen LogP contribution in [0.1, 0.15) is 37.7 Å². The summed E-state index contributed by atoms with van der Waals surface area (Å²) in [6.07, 6.45) is 3.83. The van der Waals surface area contributed by atoms with Crippen LogP contribution in [0.15, 0.2) is 36.5 Å². The third kappa shape index (κ3) is 3.21. The Bertz CT molecular complexity index is 732. The Morgan fingerprint density at radius 3 is 2.73 bits per heavy atom. The average molecular weight is 296 g/mol. The topological polar surface area (TPSA) is 68.0 Å². The predicted octanol–water partition coefficient (Wildman–Crippen LogP) is 2.69. The van der Waals surface area contributed by atoms with Gasteiger partial charge in [-0.2, -0.15) is 5.10 Å². The van der Waals surface area contributed by atoms with Crippen molar-refractivity contribution in [2.24, 2.45) is 0 Å². The number of rotatable bonds is 6. The van der Waals surface area contributed by atoms with Gasteiger partial charge in [-0.05, 0) is 36.6 Å². The van der Waals surface area contributed by atoms with Crippen molar-refractivity contribution in [3.05, 3.63) is 48.0 Å². The molecule has 3 aromatic rings. The smallest absolute Gasteiger partial charge is 0.160 e. The first-order valence-corrected chi connectivity index (χ1v) is 7.60. The lowest BCUT2D eigenvalue weighted by Gasteiger charge is -2.06. The minimum Gasteiger partial charge on any atom is -0.369 e. The number of pyridine rings is 1. The second kappa shape index (κ2) is 6.51. The third-order valence-electron chi connectivity index (χ3n) is 3.54. The molecule has 0 aliphatic heterocycles. The lowest BCUT2D eigenvalue weighted by atomic mass is 10.1. The van der Waals surface area contributed by atoms with Crippen LogP contribution in [0.2, 0.25) is 0 Å². The Balaban J connectivity index is 1.51. The second-order valence-electron chi connectivity index (χ2n) is 5.57. The van der Waals surface area contributed by atoms with Crippen molar-refractivity contribution >= 4 is 11.5 Å². The standard InChI is InChI=1S/C16H20N6/c1-12(2)13-8-9-14(19-18-13)17-10-5-7-16-21-20-15-6-3-4-11-22(15)16/h3-4,6,8-9,11-12H,5,7,10H2,1-2H3,(H,17,19). The van der Waals surface area contributed by atoms with Crippen molar-refractivity contribution in [2.45, 2.75) is 32.6 Å². The fourth-order valence-corrected chi connectivity index (χ4v) is 2.27. The van der Waals surface area contributed by atoms with E-state index in [-0.39, 0.29) is 0 Å². The molecule has 3 heterocycles. The van der Waals surface area contributed by atoms with Gasteiger partial charge in [0.1, 0.15) is 11.6 Å². The van der Waals surface area contributed by atoms with E-state index >= 15 is 0 Å². The molecule has 0 unspecified atom stereocenters. The first kappa shape index (κ1) is 14.4. The molecule has 0 bridgehead atoms. The highest BCUT2D eigenvalue weighted by Crippen LogP contribution is 2.11. The SMILES string of the molecule is CC(C)c1ccc(NCCCc2nnc3ccccn23)nn1. The van der Waals surface area contributed by atoms with Crippen LogP contribution in [0.4, 0.5) is 5.82 Å². The lowest BCUT2D eigenvalue weighted by molar-refractivity contribution is 0.771. The maximum atomic E-state index is 4.23. The Kier molecular flexibility index (Phi) is 4.27. The summed E-state index contributed by atoms with van der Waals surface area (Å²) in [6.45, 7) is 5.05. The van der Waals surface area contributed by atoms with E-state index in [0.717, 1.165) is 42.4 Å². The predicted molar refractivity (Wildman–Crippen MR) is 85.9 cm³/mol. The molecule has 6 nitrogen and oxygen atoms in total. The highest BCUT2D eigenvalue weighted by molar-refractivity contribution is 5.37. The van der Waals surface area contributed by atoms with E-state index in [2.05, 4.69) is 39.6 Å². The Morgan fingerprint density at radius 1 is 1.05 bits per heavy atom. The van der Waals surface area contributed by atoms with Gasteiger partial charge >= 0.3 is 0 Å². The number of aryl methyl sites for hydroxylation is 1. The molecule has 0 amide bonds. The van der Waals surface area contributed by atoms with Crippen LogP contribution in [0, 0.1) is 0 Å². The molecule has 0 saturated heterocycles. The van der Waals surface area contributed by atoms with E-state index in [1.165, 1.54) is 0 Å². The number of fused-ring (bicyclic) bond motifs is 1. The van der Waals surface area contributed by atoms with Crippen LogP contribution in [-0.2, 0) is 6.42 Å². The van der Waals surface area contributed by atoms with E-state index in [0.29, 0.717) is 5.92 Å². The van der Waals surface area contributed by atoms with Gasteiger partial charge in [0.2, 0.25) is 0 Å². The summed E-state index contributed by atoms with van der Waals surface area (Å²) < 4.78 is 2.03. The molecular formula is C16H20N6. The number of nitrogens with one attached hydrogen (secondary N) is 1. The van der Waals surface area contributed by atoms with E-state index in [9.17, 15) is 0 Å². The molecule has 114 valence electrons. The first-order chi connectivity index (χ1) is 10.7. The third-order valence-corrected chi connectivity index (χ3v) is 3.54. The zero-order chi connectivity index (χ0) is 15.4. The van der Waals surface area contributed by atoms with Crippen LogP contribution in [-0.4, -0.2) is 31.3 Å². The molecule has 0 radical (unpaired) electrons. The summed E-state index contributed by atoms with van der Waals surface area (Å²) in [5.74, 6) is 2.21. The molecule has 3 aromatic heterocycles. The number of hydrogen-bond donors (Lipinski definition) is 1. The van der Waals surface area contributed by atoms with Gasteiger partial charge in [0.05, 0.1) is 5.69 Å². The molecule has 0 aliphatic carbocycles. The summed E-state index contributed by atoms with van der Waals surface area (Å²) in [4.78, 5) is 0. The largest absolute Gasteiger partial charge is 0.369 e. The molecule has 1 N–H and O–H groups in total. The number of hydrogen-bond acceptors (Lipinski definition) is 5. The van der Waals surface area contributed by atoms with Gasteiger partial charge in [-0.3, -0.25) is 4.40 Å². The van der Waals surface area contributed by atoms with Crippen molar-refractivity contribution in [3.8, 4) is 0 Å². The van der Waals surface area contributed by atoms with Crippen LogP contribution in [0.3, 0.4) is 0 Å². The lowest BCUT2D eigenvalue weighted by Crippen LogP contribution is -2.07. The van der Waals surface area contributed by atoms with Gasteiger partial charge in [0.25, 0.3) is 0 Å². The zero-order valence-electron chi connectivity index (χ0n) is 12.9. The fourth-order valence-electron chi connectivity index (χ4n) is 2.27. The van der Waals surface area contributed by atoms with Crippen molar-refractivity contribution in [1.82, 2.24) is 24.8 Å². The molecule has 0 saturated carbocycles. The normalized spacial score (nSPS) is 11.2. The van der Waals surface area contributed by atoms with Crippen LogP contribution in [0.25, 0.3) is 5.65 Å². The first-order valence-electron chi connectivity index (χ1n) is 7.60. The Hall–Kier alpha value is -2.50. The van der Waals surface area contributed by atoms with Crippen LogP contribution < -0.4 is 5.32 Å². The van der Waals surface area contributed by atoms with Gasteiger partial charge in [0.15, 0.2) is 5.65 Å². The fraction of sp³-hybridized carbons (Fsp3) is 0.375. The summed E-state index contributed by atoms with van der Waals surface area (Å²) in [7, 11) is 0. The van der Waals surface area contributed by atoms with E-state index in [1.807, 2.05) is 40.9 Å². The molecule has 22 heavy (non-hydrogen) atoms. The van der Waals surface area contributed by atoms with Crippen molar-refractivity contribution in [2.75, 3.05) is 11.9 Å². The summed E-state index contributed by atoms with van der Waals surface area (Å²) >= 11 is 0. The van der Waals surface area contributed by atoms with E-state index < -0.39 is 0 Å². The van der Waals surface area contributed by atoms with E-state index in [4.69, 9.17) is 0 Å². The molecular weight excluding hydrogens is 276 g/mol. The zero-order valence-corrected chi connectivity index (χ0v) is 12.9. The van der Waals surface area contributed by atoms with Gasteiger partial charge < -0.3 is 5.32 Å². The van der Waals surface area contributed by atoms with E-state index in [1.54, 1.807) is 0 Å². The second-order valence-corrected chi connectivity index (χ2v) is 5.57. The minimum atomic E-state index is 0.405. The maximum absolute atomic E-state index is 4.23. The molecule has 0 atom stereocenters. The highest BCUT2D eigenvalue weighted by Gasteiger charge is 2.04. The Morgan fingerprint density at radius 2 is 1.95 bits per heavy atom. The van der Waals surface area contributed by atoms with Gasteiger partial charge in [-0.1, -0.05) is 19.9 Å². The van der Waals surface area contributed by atoms with Gasteiger partial charge in [0, 0.05) is 19.2 Å². The minimum absolute atomic E-state index is 0.405. The molecule has 0 aliphatic rings. The van der Waals surface area contributed by atoms with Gasteiger partial charge in [-0.15, -0.1) is 15.3 Å².